The lowest BCUT2D eigenvalue weighted by Gasteiger charge is -2.28. The van der Waals surface area contributed by atoms with E-state index >= 15 is 0 Å². The third-order valence-electron chi connectivity index (χ3n) is 6.07. The quantitative estimate of drug-likeness (QED) is 0.240. The molecule has 1 aromatic carbocycles. The van der Waals surface area contributed by atoms with Gasteiger partial charge < -0.3 is 24.6 Å². The van der Waals surface area contributed by atoms with Crippen molar-refractivity contribution < 1.29 is 14.3 Å². The van der Waals surface area contributed by atoms with Gasteiger partial charge in [-0.2, -0.15) is 0 Å². The molecule has 1 N–H and O–H groups in total. The number of hydrogen-bond donors (Lipinski definition) is 1. The predicted octanol–water partition coefficient (Wildman–Crippen LogP) is 7.63. The van der Waals surface area contributed by atoms with E-state index in [4.69, 9.17) is 14.5 Å². The molecule has 0 bridgehead atoms. The first kappa shape index (κ1) is 36.5. The Morgan fingerprint density at radius 3 is 2.42 bits per heavy atom. The summed E-state index contributed by atoms with van der Waals surface area (Å²) in [5, 5.41) is 3.53. The van der Waals surface area contributed by atoms with Crippen LogP contribution in [0.25, 0.3) is 0 Å². The molecule has 1 heterocycles. The molecule has 0 spiro atoms. The monoisotopic (exact) mass is 554 g/mol. The molecule has 1 atom stereocenters. The first-order valence-electron chi connectivity index (χ1n) is 14.6. The van der Waals surface area contributed by atoms with Crippen LogP contribution in [-0.4, -0.2) is 63.5 Å². The van der Waals surface area contributed by atoms with Crippen LogP contribution in [0.1, 0.15) is 67.7 Å². The number of carbonyl (C=O) groups excluding carboxylic acids is 1. The number of dihydropyridines is 1. The number of hydrogen-bond acceptors (Lipinski definition) is 6. The van der Waals surface area contributed by atoms with Crippen molar-refractivity contribution in [1.29, 1.82) is 0 Å². The van der Waals surface area contributed by atoms with Gasteiger partial charge in [0.05, 0.1) is 31.3 Å². The van der Waals surface area contributed by atoms with Crippen molar-refractivity contribution in [2.75, 3.05) is 51.1 Å². The van der Waals surface area contributed by atoms with Gasteiger partial charge in [-0.15, -0.1) is 0 Å². The minimum absolute atomic E-state index is 0.0173. The zero-order chi connectivity index (χ0) is 30.5. The maximum absolute atomic E-state index is 13.4. The first-order valence-corrected chi connectivity index (χ1v) is 14.6. The van der Waals surface area contributed by atoms with Gasteiger partial charge in [0.1, 0.15) is 17.6 Å². The van der Waals surface area contributed by atoms with Gasteiger partial charge >= 0.3 is 0 Å². The van der Waals surface area contributed by atoms with E-state index in [1.54, 1.807) is 20.3 Å². The molecule has 0 aromatic heterocycles. The Labute approximate surface area is 244 Å². The molecule has 1 aliphatic heterocycles. The van der Waals surface area contributed by atoms with Gasteiger partial charge in [-0.3, -0.25) is 9.79 Å². The summed E-state index contributed by atoms with van der Waals surface area (Å²) in [6, 6.07) is 5.52. The molecule has 2 rings (SSSR count). The van der Waals surface area contributed by atoms with Crippen molar-refractivity contribution in [1.82, 2.24) is 4.90 Å². The molecular formula is C33H54N4O3. The minimum Gasteiger partial charge on any atom is -0.500 e. The Morgan fingerprint density at radius 1 is 1.18 bits per heavy atom. The van der Waals surface area contributed by atoms with Crippen LogP contribution in [0.3, 0.4) is 0 Å². The summed E-state index contributed by atoms with van der Waals surface area (Å²) in [5.74, 6) is 1.56. The maximum Gasteiger partial charge on any atom is 0.247 e. The molecule has 0 radical (unpaired) electrons. The number of nitrogens with zero attached hydrogens (tertiary/aromatic N) is 3. The summed E-state index contributed by atoms with van der Waals surface area (Å²) >= 11 is 0. The van der Waals surface area contributed by atoms with Gasteiger partial charge in [-0.25, -0.2) is 0 Å². The van der Waals surface area contributed by atoms with E-state index in [1.807, 2.05) is 83.8 Å². The number of rotatable bonds is 14. The molecule has 0 fully saturated rings. The summed E-state index contributed by atoms with van der Waals surface area (Å²) in [6.07, 6.45) is 12.0. The largest absolute Gasteiger partial charge is 0.500 e. The lowest BCUT2D eigenvalue weighted by molar-refractivity contribution is -0.132. The summed E-state index contributed by atoms with van der Waals surface area (Å²) in [5.41, 5.74) is 3.64. The van der Waals surface area contributed by atoms with Gasteiger partial charge in [-0.05, 0) is 51.1 Å². The van der Waals surface area contributed by atoms with Crippen molar-refractivity contribution in [2.45, 2.75) is 73.8 Å². The molecular weight excluding hydrogens is 500 g/mol. The lowest BCUT2D eigenvalue weighted by Crippen LogP contribution is -2.41. The first-order chi connectivity index (χ1) is 19.4. The van der Waals surface area contributed by atoms with Gasteiger partial charge in [-0.1, -0.05) is 59.4 Å². The average Bonchev–Trinajstić information content (AvgIpc) is 3.01. The van der Waals surface area contributed by atoms with E-state index in [-0.39, 0.29) is 5.91 Å². The third-order valence-corrected chi connectivity index (χ3v) is 6.07. The van der Waals surface area contributed by atoms with E-state index in [1.165, 1.54) is 0 Å². The standard InChI is InChI=1S/C29H42N4O3.2C2H6/c1-8-12-18-32(5)27-16-15-22(35-6)20-25(27)30-17-13-19-33(11-4)29(34)26-21-28(36-7)23(10-3)24(31-26)14-9-2;2*1-2/h9-10,12,14-16,18,20,26,30H,3,8,11,13,17,19,21H2,1-2,4-7H3;2*1-2H3/b14-9-,18-12-;;. The van der Waals surface area contributed by atoms with E-state index in [9.17, 15) is 4.79 Å². The van der Waals surface area contributed by atoms with E-state index in [0.717, 1.165) is 53.6 Å². The van der Waals surface area contributed by atoms with Crippen molar-refractivity contribution in [3.05, 3.63) is 66.6 Å². The molecule has 1 aliphatic rings. The van der Waals surface area contributed by atoms with Gasteiger partial charge in [0.25, 0.3) is 0 Å². The Bertz CT molecular complexity index is 1010. The van der Waals surface area contributed by atoms with Crippen LogP contribution in [0.4, 0.5) is 11.4 Å². The second-order valence-electron chi connectivity index (χ2n) is 8.46. The fourth-order valence-corrected chi connectivity index (χ4v) is 4.12. The number of likely N-dealkylation sites (N-methyl/N-ethyl adjacent to an activating group) is 1. The number of ether oxygens (including phenoxy) is 2. The van der Waals surface area contributed by atoms with Crippen molar-refractivity contribution in [3.8, 4) is 5.75 Å². The summed E-state index contributed by atoms with van der Waals surface area (Å²) in [4.78, 5) is 22.1. The zero-order valence-corrected chi connectivity index (χ0v) is 26.7. The Balaban J connectivity index is 0.00000363. The van der Waals surface area contributed by atoms with Crippen molar-refractivity contribution in [3.63, 3.8) is 0 Å². The zero-order valence-electron chi connectivity index (χ0n) is 26.7. The highest BCUT2D eigenvalue weighted by Crippen LogP contribution is 2.30. The van der Waals surface area contributed by atoms with Crippen LogP contribution in [-0.2, 0) is 9.53 Å². The maximum atomic E-state index is 13.4. The number of carbonyl (C=O) groups is 1. The van der Waals surface area contributed by atoms with Crippen LogP contribution >= 0.6 is 0 Å². The van der Waals surface area contributed by atoms with Crippen LogP contribution in [0.2, 0.25) is 0 Å². The number of methoxy groups -OCH3 is 2. The Morgan fingerprint density at radius 2 is 1.88 bits per heavy atom. The van der Waals surface area contributed by atoms with Gasteiger partial charge in [0.15, 0.2) is 0 Å². The second-order valence-corrected chi connectivity index (χ2v) is 8.46. The van der Waals surface area contributed by atoms with Crippen molar-refractivity contribution >= 4 is 23.0 Å². The topological polar surface area (TPSA) is 66.4 Å². The van der Waals surface area contributed by atoms with Crippen molar-refractivity contribution in [2.24, 2.45) is 4.99 Å². The van der Waals surface area contributed by atoms with E-state index < -0.39 is 6.04 Å². The third kappa shape index (κ3) is 10.9. The lowest BCUT2D eigenvalue weighted by atomic mass is 9.98. The van der Waals surface area contributed by atoms with E-state index in [0.29, 0.717) is 19.5 Å². The number of aliphatic imine (C=N–C) groups is 1. The fraction of sp³-hybridized carbons (Fsp3) is 0.515. The number of nitrogens with one attached hydrogen (secondary N) is 1. The molecule has 7 heteroatoms. The number of anilines is 2. The Hall–Kier alpha value is -3.48. The highest BCUT2D eigenvalue weighted by Gasteiger charge is 2.29. The molecule has 1 amide bonds. The van der Waals surface area contributed by atoms with Crippen LogP contribution in [0.15, 0.2) is 71.6 Å². The highest BCUT2D eigenvalue weighted by atomic mass is 16.5. The smallest absolute Gasteiger partial charge is 0.247 e. The molecule has 1 aromatic rings. The number of benzene rings is 1. The molecule has 224 valence electrons. The van der Waals surface area contributed by atoms with Crippen LogP contribution < -0.4 is 15.0 Å². The number of amides is 1. The Kier molecular flexibility index (Phi) is 19.5. The predicted molar refractivity (Wildman–Crippen MR) is 174 cm³/mol. The highest BCUT2D eigenvalue weighted by molar-refractivity contribution is 6.12. The fourth-order valence-electron chi connectivity index (χ4n) is 4.12. The van der Waals surface area contributed by atoms with Gasteiger partial charge in [0.2, 0.25) is 5.91 Å². The normalized spacial score (nSPS) is 14.4. The molecule has 7 nitrogen and oxygen atoms in total. The summed E-state index contributed by atoms with van der Waals surface area (Å²) in [6.45, 7) is 19.9. The number of allylic oxidation sites excluding steroid dienone is 5. The second kappa shape index (κ2) is 21.4. The van der Waals surface area contributed by atoms with Gasteiger partial charge in [0, 0.05) is 44.7 Å². The minimum atomic E-state index is -0.494. The SMILES string of the molecule is C=CC1=C(OC)CC(C(=O)N(CC)CCCNc2cc(OC)ccc2N(C)/C=C\CC)N=C1/C=C\C.CC.CC. The molecule has 40 heavy (non-hydrogen) atoms. The summed E-state index contributed by atoms with van der Waals surface area (Å²) in [7, 11) is 5.33. The molecule has 0 aliphatic carbocycles. The molecule has 0 saturated carbocycles. The molecule has 0 saturated heterocycles. The molecule has 1 unspecified atom stereocenters. The van der Waals surface area contributed by atoms with Crippen LogP contribution in [0, 0.1) is 0 Å². The van der Waals surface area contributed by atoms with Crippen LogP contribution in [0.5, 0.6) is 5.75 Å². The average molecular weight is 555 g/mol. The van der Waals surface area contributed by atoms with E-state index in [2.05, 4.69) is 36.0 Å². The summed E-state index contributed by atoms with van der Waals surface area (Å²) < 4.78 is 11.0.